The monoisotopic (exact) mass is 489 g/mol. The summed E-state index contributed by atoms with van der Waals surface area (Å²) in [6, 6.07) is 13.9. The Balaban J connectivity index is 1.74. The molecule has 1 N–H and O–H groups in total. The van der Waals surface area contributed by atoms with E-state index >= 15 is 0 Å². The van der Waals surface area contributed by atoms with Crippen LogP contribution in [-0.2, 0) is 14.3 Å². The molecule has 0 amide bonds. The van der Waals surface area contributed by atoms with E-state index in [4.69, 9.17) is 14.2 Å². The van der Waals surface area contributed by atoms with Crippen molar-refractivity contribution in [1.82, 2.24) is 5.32 Å². The van der Waals surface area contributed by atoms with E-state index in [1.54, 1.807) is 14.2 Å². The lowest BCUT2D eigenvalue weighted by molar-refractivity contribution is -0.139. The van der Waals surface area contributed by atoms with Gasteiger partial charge in [0.2, 0.25) is 0 Å². The summed E-state index contributed by atoms with van der Waals surface area (Å²) >= 11 is 0. The molecule has 0 saturated carbocycles. The third-order valence-electron chi connectivity index (χ3n) is 7.03. The summed E-state index contributed by atoms with van der Waals surface area (Å²) in [4.78, 5) is 27.0. The van der Waals surface area contributed by atoms with Gasteiger partial charge in [0.1, 0.15) is 0 Å². The summed E-state index contributed by atoms with van der Waals surface area (Å²) in [7, 11) is 3.22. The van der Waals surface area contributed by atoms with Crippen LogP contribution in [0.1, 0.15) is 68.1 Å². The zero-order chi connectivity index (χ0) is 25.8. The van der Waals surface area contributed by atoms with Crippen molar-refractivity contribution in [3.05, 3.63) is 81.7 Å². The van der Waals surface area contributed by atoms with Crippen LogP contribution >= 0.6 is 0 Å². The first-order chi connectivity index (χ1) is 17.4. The lowest BCUT2D eigenvalue weighted by atomic mass is 9.71. The first kappa shape index (κ1) is 25.5. The minimum Gasteiger partial charge on any atom is -0.493 e. The van der Waals surface area contributed by atoms with Crippen LogP contribution in [-0.4, -0.2) is 32.6 Å². The van der Waals surface area contributed by atoms with E-state index in [0.29, 0.717) is 42.1 Å². The van der Waals surface area contributed by atoms with Crippen LogP contribution < -0.4 is 14.8 Å². The van der Waals surface area contributed by atoms with Gasteiger partial charge in [0.15, 0.2) is 17.3 Å². The number of nitrogens with one attached hydrogen (secondary N) is 1. The van der Waals surface area contributed by atoms with Crippen LogP contribution in [0.2, 0.25) is 0 Å². The van der Waals surface area contributed by atoms with E-state index < -0.39 is 5.92 Å². The highest BCUT2D eigenvalue weighted by Gasteiger charge is 2.41. The van der Waals surface area contributed by atoms with Crippen LogP contribution in [0.5, 0.6) is 11.5 Å². The van der Waals surface area contributed by atoms with E-state index in [2.05, 4.69) is 18.3 Å². The fraction of sp³-hybridized carbons (Fsp3) is 0.400. The van der Waals surface area contributed by atoms with Gasteiger partial charge < -0.3 is 19.5 Å². The molecule has 4 rings (SSSR count). The second-order valence-corrected chi connectivity index (χ2v) is 9.54. The lowest BCUT2D eigenvalue weighted by Crippen LogP contribution is -2.36. The molecular formula is C30H35NO5. The highest BCUT2D eigenvalue weighted by Crippen LogP contribution is 2.46. The van der Waals surface area contributed by atoms with E-state index in [0.717, 1.165) is 40.9 Å². The Labute approximate surface area is 213 Å². The molecule has 6 heteroatoms. The molecule has 1 aliphatic carbocycles. The number of allylic oxidation sites excluding steroid dienone is 3. The van der Waals surface area contributed by atoms with Gasteiger partial charge in [-0.15, -0.1) is 0 Å². The normalized spacial score (nSPS) is 19.5. The predicted octanol–water partition coefficient (Wildman–Crippen LogP) is 5.72. The second kappa shape index (κ2) is 11.0. The number of hydrogen-bond donors (Lipinski definition) is 1. The minimum atomic E-state index is -0.450. The average Bonchev–Trinajstić information content (AvgIpc) is 2.87. The molecular weight excluding hydrogens is 454 g/mol. The summed E-state index contributed by atoms with van der Waals surface area (Å²) in [5.74, 6) is 0.526. The fourth-order valence-corrected chi connectivity index (χ4v) is 5.22. The van der Waals surface area contributed by atoms with Gasteiger partial charge in [0.05, 0.1) is 26.4 Å². The zero-order valence-corrected chi connectivity index (χ0v) is 21.8. The molecule has 0 fully saturated rings. The number of ether oxygens (including phenoxy) is 3. The quantitative estimate of drug-likeness (QED) is 0.378. The number of rotatable bonds is 8. The Hall–Kier alpha value is -3.54. The number of ketones is 1. The first-order valence-corrected chi connectivity index (χ1v) is 12.6. The molecule has 0 aromatic heterocycles. The van der Waals surface area contributed by atoms with Crippen LogP contribution in [0.3, 0.4) is 0 Å². The summed E-state index contributed by atoms with van der Waals surface area (Å²) in [5, 5.41) is 3.42. The molecule has 2 atom stereocenters. The molecule has 190 valence electrons. The number of hydrogen-bond acceptors (Lipinski definition) is 6. The van der Waals surface area contributed by atoms with Crippen molar-refractivity contribution in [3.63, 3.8) is 0 Å². The van der Waals surface area contributed by atoms with Crippen LogP contribution in [0.25, 0.3) is 0 Å². The number of carbonyl (C=O) groups excluding carboxylic acids is 2. The SMILES string of the molecule is CCCCOC(=O)C1=C(C)NC2=C(C(=O)C[C@H](c3ccc(OC)c(OC)c3)C2)[C@@H]1c1cccc(C)c1. The molecule has 0 saturated heterocycles. The predicted molar refractivity (Wildman–Crippen MR) is 139 cm³/mol. The minimum absolute atomic E-state index is 0.00688. The third kappa shape index (κ3) is 5.03. The molecule has 2 aromatic rings. The van der Waals surface area contributed by atoms with E-state index in [1.807, 2.05) is 50.2 Å². The van der Waals surface area contributed by atoms with Crippen molar-refractivity contribution in [3.8, 4) is 11.5 Å². The summed E-state index contributed by atoms with van der Waals surface area (Å²) in [6.07, 6.45) is 2.76. The number of dihydropyridines is 1. The molecule has 2 aliphatic rings. The number of aryl methyl sites for hydroxylation is 1. The third-order valence-corrected chi connectivity index (χ3v) is 7.03. The van der Waals surface area contributed by atoms with Crippen molar-refractivity contribution in [2.75, 3.05) is 20.8 Å². The second-order valence-electron chi connectivity index (χ2n) is 9.54. The number of Topliss-reactive ketones (excluding diaryl/α,β-unsaturated/α-hetero) is 1. The molecule has 0 unspecified atom stereocenters. The van der Waals surface area contributed by atoms with Gasteiger partial charge in [-0.1, -0.05) is 49.2 Å². The van der Waals surface area contributed by atoms with E-state index in [1.165, 1.54) is 0 Å². The molecule has 36 heavy (non-hydrogen) atoms. The Kier molecular flexibility index (Phi) is 7.82. The maximum atomic E-state index is 13.8. The lowest BCUT2D eigenvalue weighted by Gasteiger charge is -2.37. The summed E-state index contributed by atoms with van der Waals surface area (Å²) < 4.78 is 16.5. The average molecular weight is 490 g/mol. The number of methoxy groups -OCH3 is 2. The molecule has 0 spiro atoms. The van der Waals surface area contributed by atoms with E-state index in [-0.39, 0.29) is 17.7 Å². The maximum absolute atomic E-state index is 13.8. The van der Waals surface area contributed by atoms with Crippen LogP contribution in [0.4, 0.5) is 0 Å². The molecule has 1 heterocycles. The largest absolute Gasteiger partial charge is 0.493 e. The zero-order valence-electron chi connectivity index (χ0n) is 21.8. The van der Waals surface area contributed by atoms with E-state index in [9.17, 15) is 9.59 Å². The van der Waals surface area contributed by atoms with Gasteiger partial charge in [-0.2, -0.15) is 0 Å². The van der Waals surface area contributed by atoms with Crippen molar-refractivity contribution < 1.29 is 23.8 Å². The molecule has 6 nitrogen and oxygen atoms in total. The van der Waals surface area contributed by atoms with Gasteiger partial charge in [-0.25, -0.2) is 4.79 Å². The molecule has 1 aliphatic heterocycles. The number of unbranched alkanes of at least 4 members (excludes halogenated alkanes) is 1. The van der Waals surface area contributed by atoms with Gasteiger partial charge in [-0.3, -0.25) is 4.79 Å². The summed E-state index contributed by atoms with van der Waals surface area (Å²) in [6.45, 7) is 6.34. The Bertz CT molecular complexity index is 1230. The van der Waals surface area contributed by atoms with Crippen LogP contribution in [0, 0.1) is 6.92 Å². The molecule has 0 bridgehead atoms. The standard InChI is InChI=1S/C30H35NO5/c1-6-7-13-36-30(33)27-19(3)31-23-15-22(20-11-12-25(34-4)26(17-20)35-5)16-24(32)29(23)28(27)21-10-8-9-18(2)14-21/h8-12,14,17,22,28,31H,6-7,13,15-16H2,1-5H3/t22-,28-/m1/s1. The summed E-state index contributed by atoms with van der Waals surface area (Å²) in [5.41, 5.74) is 5.84. The Morgan fingerprint density at radius 1 is 1.00 bits per heavy atom. The fourth-order valence-electron chi connectivity index (χ4n) is 5.22. The molecule has 2 aromatic carbocycles. The first-order valence-electron chi connectivity index (χ1n) is 12.6. The van der Waals surface area contributed by atoms with Gasteiger partial charge in [0, 0.05) is 29.3 Å². The van der Waals surface area contributed by atoms with Crippen molar-refractivity contribution in [2.24, 2.45) is 0 Å². The van der Waals surface area contributed by atoms with Gasteiger partial charge in [-0.05, 0) is 55.9 Å². The highest BCUT2D eigenvalue weighted by molar-refractivity contribution is 6.04. The number of benzene rings is 2. The van der Waals surface area contributed by atoms with Crippen molar-refractivity contribution in [1.29, 1.82) is 0 Å². The highest BCUT2D eigenvalue weighted by atomic mass is 16.5. The van der Waals surface area contributed by atoms with Crippen molar-refractivity contribution in [2.45, 2.75) is 58.3 Å². The topological polar surface area (TPSA) is 73.9 Å². The number of esters is 1. The van der Waals surface area contributed by atoms with Crippen molar-refractivity contribution >= 4 is 11.8 Å². The number of carbonyl (C=O) groups is 2. The molecule has 0 radical (unpaired) electrons. The maximum Gasteiger partial charge on any atom is 0.336 e. The Morgan fingerprint density at radius 2 is 1.78 bits per heavy atom. The smallest absolute Gasteiger partial charge is 0.336 e. The van der Waals surface area contributed by atoms with Gasteiger partial charge >= 0.3 is 5.97 Å². The van der Waals surface area contributed by atoms with Crippen LogP contribution in [0.15, 0.2) is 65.0 Å². The Morgan fingerprint density at radius 3 is 2.47 bits per heavy atom. The van der Waals surface area contributed by atoms with Gasteiger partial charge in [0.25, 0.3) is 0 Å².